The second kappa shape index (κ2) is 21.2. The van der Waals surface area contributed by atoms with E-state index in [4.69, 9.17) is 4.42 Å². The maximum Gasteiger partial charge on any atom is 0.159 e. The number of aryl methyl sites for hydroxylation is 1. The predicted octanol–water partition coefficient (Wildman–Crippen LogP) is 24.4. The number of rotatable bonds is 11. The van der Waals surface area contributed by atoms with E-state index in [0.717, 1.165) is 72.6 Å². The van der Waals surface area contributed by atoms with Crippen LogP contribution in [-0.2, 0) is 5.41 Å². The van der Waals surface area contributed by atoms with Gasteiger partial charge in [0.05, 0.1) is 5.69 Å². The third-order valence-electron chi connectivity index (χ3n) is 18.0. The zero-order chi connectivity index (χ0) is 59.0. The number of para-hydroxylation sites is 4. The zero-order valence-electron chi connectivity index (χ0n) is 49.7. The molecule has 0 aliphatic heterocycles. The molecule has 1 heterocycles. The highest BCUT2D eigenvalue weighted by atomic mass is 16.3. The molecule has 1 aliphatic rings. The van der Waals surface area contributed by atoms with Gasteiger partial charge in [0, 0.05) is 44.8 Å². The Morgan fingerprint density at radius 2 is 0.625 bits per heavy atom. The van der Waals surface area contributed by atoms with E-state index in [0.29, 0.717) is 0 Å². The monoisotopic (exact) mass is 1130 g/mol. The molecule has 0 saturated heterocycles. The maximum atomic E-state index is 7.20. The molecule has 0 N–H and O–H groups in total. The quantitative estimate of drug-likeness (QED) is 0.129. The van der Waals surface area contributed by atoms with Gasteiger partial charge in [0.25, 0.3) is 0 Å². The molecule has 0 atom stereocenters. The van der Waals surface area contributed by atoms with Gasteiger partial charge in [-0.05, 0) is 178 Å². The molecule has 0 radical (unpaired) electrons. The fourth-order valence-electron chi connectivity index (χ4n) is 14.0. The number of hydrogen-bond acceptors (Lipinski definition) is 3. The molecule has 0 fully saturated rings. The van der Waals surface area contributed by atoms with Crippen molar-refractivity contribution in [3.05, 3.63) is 314 Å². The fraction of sp³-hybridized carbons (Fsp3) is 0.0588. The van der Waals surface area contributed by atoms with E-state index in [-0.39, 0.29) is 5.41 Å². The molecule has 3 heteroatoms. The Bertz CT molecular complexity index is 5150. The van der Waals surface area contributed by atoms with Crippen LogP contribution in [0.15, 0.2) is 308 Å². The molecular weight excluding hydrogens is 1060 g/mol. The first kappa shape index (κ1) is 52.5. The number of anilines is 6. The van der Waals surface area contributed by atoms with Crippen molar-refractivity contribution in [3.8, 4) is 77.9 Å². The first-order chi connectivity index (χ1) is 43.3. The molecule has 16 rings (SSSR count). The van der Waals surface area contributed by atoms with Crippen molar-refractivity contribution in [2.45, 2.75) is 33.1 Å². The fourth-order valence-corrected chi connectivity index (χ4v) is 14.0. The lowest BCUT2D eigenvalue weighted by molar-refractivity contribution is 0.573. The summed E-state index contributed by atoms with van der Waals surface area (Å²) in [7, 11) is 0. The van der Waals surface area contributed by atoms with Crippen LogP contribution in [0.5, 0.6) is 0 Å². The molecular formula is C85H62N2O. The van der Waals surface area contributed by atoms with Gasteiger partial charge < -0.3 is 14.2 Å². The van der Waals surface area contributed by atoms with E-state index >= 15 is 0 Å². The predicted molar refractivity (Wildman–Crippen MR) is 373 cm³/mol. The summed E-state index contributed by atoms with van der Waals surface area (Å²) >= 11 is 0. The molecule has 3 nitrogen and oxygen atoms in total. The van der Waals surface area contributed by atoms with Crippen LogP contribution in [0.3, 0.4) is 0 Å². The van der Waals surface area contributed by atoms with Gasteiger partial charge in [-0.1, -0.05) is 263 Å². The van der Waals surface area contributed by atoms with Crippen LogP contribution in [0, 0.1) is 6.92 Å². The van der Waals surface area contributed by atoms with E-state index in [2.05, 4.69) is 341 Å². The minimum Gasteiger partial charge on any atom is -0.454 e. The summed E-state index contributed by atoms with van der Waals surface area (Å²) in [4.78, 5) is 4.86. The van der Waals surface area contributed by atoms with E-state index < -0.39 is 0 Å². The Morgan fingerprint density at radius 3 is 1.06 bits per heavy atom. The average molecular weight is 1130 g/mol. The van der Waals surface area contributed by atoms with Gasteiger partial charge >= 0.3 is 0 Å². The lowest BCUT2D eigenvalue weighted by Gasteiger charge is -2.38. The highest BCUT2D eigenvalue weighted by Crippen LogP contribution is 2.66. The number of fused-ring (bicyclic) bond motifs is 9. The van der Waals surface area contributed by atoms with Gasteiger partial charge in [0.15, 0.2) is 5.58 Å². The van der Waals surface area contributed by atoms with Crippen molar-refractivity contribution in [3.63, 3.8) is 0 Å². The van der Waals surface area contributed by atoms with Crippen molar-refractivity contribution in [2.75, 3.05) is 9.80 Å². The smallest absolute Gasteiger partial charge is 0.159 e. The minimum atomic E-state index is -0.122. The second-order valence-corrected chi connectivity index (χ2v) is 24.3. The molecule has 0 bridgehead atoms. The largest absolute Gasteiger partial charge is 0.454 e. The van der Waals surface area contributed by atoms with Crippen molar-refractivity contribution in [1.82, 2.24) is 0 Å². The third kappa shape index (κ3) is 8.64. The van der Waals surface area contributed by atoms with E-state index in [1.807, 2.05) is 0 Å². The topological polar surface area (TPSA) is 19.6 Å². The van der Waals surface area contributed by atoms with Crippen molar-refractivity contribution < 1.29 is 4.42 Å². The highest BCUT2D eigenvalue weighted by molar-refractivity contribution is 6.33. The minimum absolute atomic E-state index is 0.122. The van der Waals surface area contributed by atoms with Gasteiger partial charge in [0.1, 0.15) is 5.58 Å². The molecule has 1 aromatic heterocycles. The van der Waals surface area contributed by atoms with Crippen LogP contribution in [0.25, 0.3) is 121 Å². The summed E-state index contributed by atoms with van der Waals surface area (Å²) < 4.78 is 7.20. The van der Waals surface area contributed by atoms with Gasteiger partial charge in [-0.25, -0.2) is 0 Å². The van der Waals surface area contributed by atoms with E-state index in [1.54, 1.807) is 0 Å². The van der Waals surface area contributed by atoms with Crippen LogP contribution in [0.4, 0.5) is 34.1 Å². The molecule has 0 amide bonds. The van der Waals surface area contributed by atoms with Crippen molar-refractivity contribution >= 4 is 77.6 Å². The third-order valence-corrected chi connectivity index (χ3v) is 18.0. The van der Waals surface area contributed by atoms with E-state index in [1.165, 1.54) is 94.0 Å². The summed E-state index contributed by atoms with van der Waals surface area (Å²) in [5.74, 6) is 0. The van der Waals surface area contributed by atoms with Crippen LogP contribution in [0.2, 0.25) is 0 Å². The summed E-state index contributed by atoms with van der Waals surface area (Å²) in [6, 6.07) is 111. The lowest BCUT2D eigenvalue weighted by atomic mass is 9.65. The summed E-state index contributed by atoms with van der Waals surface area (Å²) in [5, 5.41) is 6.95. The Balaban J connectivity index is 1.03. The van der Waals surface area contributed by atoms with Gasteiger partial charge in [-0.2, -0.15) is 0 Å². The lowest BCUT2D eigenvalue weighted by Crippen LogP contribution is -2.13. The summed E-state index contributed by atoms with van der Waals surface area (Å²) in [6.07, 6.45) is 0. The summed E-state index contributed by atoms with van der Waals surface area (Å²) in [5.41, 5.74) is 27.3. The van der Waals surface area contributed by atoms with Gasteiger partial charge in [-0.15, -0.1) is 0 Å². The molecule has 0 saturated carbocycles. The zero-order valence-corrected chi connectivity index (χ0v) is 49.7. The SMILES string of the molecule is Cc1ccc(-c2ccccc2)cc1N(c1ccccc1)c1ccc2c(-c3ccccc3)c3c(c(-c4ccccc4)c2c1)-c1c-3c(-c2ccccc2)c2ccc(N(c3ccccc3)c3cccc4c3oc3c(C(C)(C)C)cccc34)cc2c1-c1ccccc1. The number of furan rings is 1. The number of nitrogens with zero attached hydrogens (tertiary/aromatic N) is 2. The average Bonchev–Trinajstić information content (AvgIpc) is 0.791. The Kier molecular flexibility index (Phi) is 12.7. The normalized spacial score (nSPS) is 11.9. The standard InChI is InChI=1S/C85H62N2O/c1-55-46-47-61(56-28-12-5-13-29-56)52-74(55)87(63-40-24-11-25-41-63)65-49-51-67-71(54-65)78(60-36-20-9-21-37-60)82-80(76(67)58-32-16-7-17-33-58)79-75(57-30-14-6-15-31-57)66-50-48-64(53-70(66)77(81(79)82)59-34-18-8-19-35-59)86(62-38-22-10-23-39-62)73-45-27-43-69-68-42-26-44-72(85(2,3)4)83(68)88-84(69)73/h5-54H,1-4H3. The van der Waals surface area contributed by atoms with Gasteiger partial charge in [-0.3, -0.25) is 0 Å². The van der Waals surface area contributed by atoms with Gasteiger partial charge in [0.2, 0.25) is 0 Å². The highest BCUT2D eigenvalue weighted by Gasteiger charge is 2.39. The second-order valence-electron chi connectivity index (χ2n) is 24.3. The molecule has 0 spiro atoms. The van der Waals surface area contributed by atoms with Crippen molar-refractivity contribution in [2.24, 2.45) is 0 Å². The Hall–Kier alpha value is -11.0. The first-order valence-electron chi connectivity index (χ1n) is 30.6. The van der Waals surface area contributed by atoms with Crippen LogP contribution >= 0.6 is 0 Å². The Morgan fingerprint density at radius 1 is 0.250 bits per heavy atom. The molecule has 1 aliphatic carbocycles. The summed E-state index contributed by atoms with van der Waals surface area (Å²) in [6.45, 7) is 9.03. The maximum absolute atomic E-state index is 7.20. The molecule has 418 valence electrons. The van der Waals surface area contributed by atoms with Crippen LogP contribution in [-0.4, -0.2) is 0 Å². The van der Waals surface area contributed by atoms with Crippen molar-refractivity contribution in [1.29, 1.82) is 0 Å². The van der Waals surface area contributed by atoms with Crippen LogP contribution in [0.1, 0.15) is 31.9 Å². The number of hydrogen-bond donors (Lipinski definition) is 0. The number of benzene rings is 14. The van der Waals surface area contributed by atoms with Crippen LogP contribution < -0.4 is 9.80 Å². The molecule has 88 heavy (non-hydrogen) atoms. The Labute approximate surface area is 514 Å². The molecule has 0 unspecified atom stereocenters. The molecule has 14 aromatic carbocycles. The van der Waals surface area contributed by atoms with E-state index in [9.17, 15) is 0 Å². The first-order valence-corrected chi connectivity index (χ1v) is 30.6. The molecule has 15 aromatic rings.